The minimum atomic E-state index is 0.0469. The molecule has 1 aromatic carbocycles. The third-order valence-corrected chi connectivity index (χ3v) is 3.77. The monoisotopic (exact) mass is 284 g/mol. The minimum Gasteiger partial charge on any atom is -0.332 e. The van der Waals surface area contributed by atoms with Gasteiger partial charge in [-0.3, -0.25) is 4.79 Å². The number of rotatable bonds is 4. The molecule has 0 atom stereocenters. The van der Waals surface area contributed by atoms with Crippen LogP contribution in [0.4, 0.5) is 0 Å². The number of nitrogens with zero attached hydrogens (tertiary/aromatic N) is 2. The maximum atomic E-state index is 12.5. The Morgan fingerprint density at radius 2 is 2.00 bits per heavy atom. The number of nitriles is 1. The standard InChI is InChI=1S/C16H16N2OS/c1-12(2)18(16(19)15-7-8-20-11-15)10-14-5-3-13(9-17)4-6-14/h3-8,11-12H,10H2,1-2H3. The van der Waals surface area contributed by atoms with Crippen molar-refractivity contribution >= 4 is 17.2 Å². The number of benzene rings is 1. The van der Waals surface area contributed by atoms with Gasteiger partial charge in [0.15, 0.2) is 0 Å². The summed E-state index contributed by atoms with van der Waals surface area (Å²) in [6.07, 6.45) is 0. The van der Waals surface area contributed by atoms with Crippen LogP contribution >= 0.6 is 11.3 Å². The third-order valence-electron chi connectivity index (χ3n) is 3.09. The predicted octanol–water partition coefficient (Wildman–Crippen LogP) is 3.67. The van der Waals surface area contributed by atoms with Crippen LogP contribution in [0.3, 0.4) is 0 Å². The predicted molar refractivity (Wildman–Crippen MR) is 80.5 cm³/mol. The Kier molecular flexibility index (Phi) is 4.54. The second-order valence-electron chi connectivity index (χ2n) is 4.85. The Balaban J connectivity index is 2.17. The second-order valence-corrected chi connectivity index (χ2v) is 5.63. The van der Waals surface area contributed by atoms with E-state index in [9.17, 15) is 4.79 Å². The van der Waals surface area contributed by atoms with Crippen molar-refractivity contribution in [1.82, 2.24) is 4.90 Å². The van der Waals surface area contributed by atoms with Gasteiger partial charge in [-0.15, -0.1) is 0 Å². The van der Waals surface area contributed by atoms with E-state index in [1.807, 2.05) is 47.7 Å². The summed E-state index contributed by atoms with van der Waals surface area (Å²) in [5.74, 6) is 0.0469. The Labute approximate surface area is 123 Å². The summed E-state index contributed by atoms with van der Waals surface area (Å²) < 4.78 is 0. The molecule has 4 heteroatoms. The molecule has 0 aliphatic heterocycles. The highest BCUT2D eigenvalue weighted by molar-refractivity contribution is 7.08. The van der Waals surface area contributed by atoms with E-state index in [0.717, 1.165) is 11.1 Å². The van der Waals surface area contributed by atoms with Gasteiger partial charge in [0.05, 0.1) is 17.2 Å². The molecule has 0 radical (unpaired) electrons. The van der Waals surface area contributed by atoms with Crippen molar-refractivity contribution in [2.75, 3.05) is 0 Å². The number of carbonyl (C=O) groups excluding carboxylic acids is 1. The van der Waals surface area contributed by atoms with Crippen molar-refractivity contribution in [3.05, 3.63) is 57.8 Å². The zero-order chi connectivity index (χ0) is 14.5. The molecule has 102 valence electrons. The lowest BCUT2D eigenvalue weighted by atomic mass is 10.1. The van der Waals surface area contributed by atoms with Crippen LogP contribution in [0, 0.1) is 11.3 Å². The van der Waals surface area contributed by atoms with E-state index >= 15 is 0 Å². The largest absolute Gasteiger partial charge is 0.332 e. The first-order valence-electron chi connectivity index (χ1n) is 6.44. The van der Waals surface area contributed by atoms with Crippen LogP contribution < -0.4 is 0 Å². The summed E-state index contributed by atoms with van der Waals surface area (Å²) in [7, 11) is 0. The van der Waals surface area contributed by atoms with Gasteiger partial charge in [0, 0.05) is 18.0 Å². The van der Waals surface area contributed by atoms with Gasteiger partial charge in [0.1, 0.15) is 0 Å². The molecular formula is C16H16N2OS. The Bertz CT molecular complexity index is 609. The highest BCUT2D eigenvalue weighted by atomic mass is 32.1. The lowest BCUT2D eigenvalue weighted by Crippen LogP contribution is -2.36. The molecule has 0 saturated carbocycles. The van der Waals surface area contributed by atoms with Crippen LogP contribution in [0.2, 0.25) is 0 Å². The molecule has 0 bridgehead atoms. The second kappa shape index (κ2) is 6.36. The Morgan fingerprint density at radius 3 is 2.50 bits per heavy atom. The van der Waals surface area contributed by atoms with Gasteiger partial charge >= 0.3 is 0 Å². The molecular weight excluding hydrogens is 268 g/mol. The zero-order valence-electron chi connectivity index (χ0n) is 11.5. The fourth-order valence-electron chi connectivity index (χ4n) is 1.92. The van der Waals surface area contributed by atoms with Crippen molar-refractivity contribution in [2.24, 2.45) is 0 Å². The van der Waals surface area contributed by atoms with E-state index in [0.29, 0.717) is 12.1 Å². The van der Waals surface area contributed by atoms with Gasteiger partial charge in [0.2, 0.25) is 0 Å². The van der Waals surface area contributed by atoms with Crippen molar-refractivity contribution < 1.29 is 4.79 Å². The summed E-state index contributed by atoms with van der Waals surface area (Å²) in [6.45, 7) is 4.57. The summed E-state index contributed by atoms with van der Waals surface area (Å²) in [6, 6.07) is 11.4. The zero-order valence-corrected chi connectivity index (χ0v) is 12.4. The maximum Gasteiger partial charge on any atom is 0.255 e. The molecule has 0 spiro atoms. The van der Waals surface area contributed by atoms with Gasteiger partial charge in [-0.2, -0.15) is 16.6 Å². The molecule has 0 saturated heterocycles. The molecule has 0 aliphatic rings. The first kappa shape index (κ1) is 14.3. The summed E-state index contributed by atoms with van der Waals surface area (Å²) in [5.41, 5.74) is 2.40. The molecule has 20 heavy (non-hydrogen) atoms. The van der Waals surface area contributed by atoms with Crippen LogP contribution in [0.15, 0.2) is 41.1 Å². The van der Waals surface area contributed by atoms with E-state index in [4.69, 9.17) is 5.26 Å². The van der Waals surface area contributed by atoms with Crippen molar-refractivity contribution in [3.63, 3.8) is 0 Å². The highest BCUT2D eigenvalue weighted by Crippen LogP contribution is 2.15. The van der Waals surface area contributed by atoms with Crippen molar-refractivity contribution in [1.29, 1.82) is 5.26 Å². The number of hydrogen-bond donors (Lipinski definition) is 0. The van der Waals surface area contributed by atoms with Crippen molar-refractivity contribution in [3.8, 4) is 6.07 Å². The molecule has 2 rings (SSSR count). The molecule has 1 heterocycles. The lowest BCUT2D eigenvalue weighted by molar-refractivity contribution is 0.0691. The summed E-state index contributed by atoms with van der Waals surface area (Å²) >= 11 is 1.52. The molecule has 1 amide bonds. The topological polar surface area (TPSA) is 44.1 Å². The average molecular weight is 284 g/mol. The fourth-order valence-corrected chi connectivity index (χ4v) is 2.55. The third kappa shape index (κ3) is 3.25. The first-order valence-corrected chi connectivity index (χ1v) is 7.38. The van der Waals surface area contributed by atoms with Gasteiger partial charge in [-0.05, 0) is 43.0 Å². The molecule has 0 aliphatic carbocycles. The smallest absolute Gasteiger partial charge is 0.255 e. The number of hydrogen-bond acceptors (Lipinski definition) is 3. The van der Waals surface area contributed by atoms with Gasteiger partial charge in [-0.25, -0.2) is 0 Å². The maximum absolute atomic E-state index is 12.5. The Hall–Kier alpha value is -2.12. The molecule has 2 aromatic rings. The van der Waals surface area contributed by atoms with Crippen LogP contribution in [-0.4, -0.2) is 16.8 Å². The average Bonchev–Trinajstić information content (AvgIpc) is 2.98. The van der Waals surface area contributed by atoms with E-state index in [-0.39, 0.29) is 11.9 Å². The molecule has 0 fully saturated rings. The number of thiophene rings is 1. The quantitative estimate of drug-likeness (QED) is 0.859. The Morgan fingerprint density at radius 1 is 1.30 bits per heavy atom. The number of carbonyl (C=O) groups is 1. The van der Waals surface area contributed by atoms with E-state index < -0.39 is 0 Å². The summed E-state index contributed by atoms with van der Waals surface area (Å²) in [5, 5.41) is 12.6. The van der Waals surface area contributed by atoms with Crippen LogP contribution in [0.5, 0.6) is 0 Å². The van der Waals surface area contributed by atoms with Crippen LogP contribution in [0.25, 0.3) is 0 Å². The molecule has 3 nitrogen and oxygen atoms in total. The molecule has 1 aromatic heterocycles. The molecule has 0 N–H and O–H groups in total. The van der Waals surface area contributed by atoms with Crippen LogP contribution in [-0.2, 0) is 6.54 Å². The lowest BCUT2D eigenvalue weighted by Gasteiger charge is -2.26. The minimum absolute atomic E-state index is 0.0469. The first-order chi connectivity index (χ1) is 9.61. The van der Waals surface area contributed by atoms with Gasteiger partial charge < -0.3 is 4.90 Å². The van der Waals surface area contributed by atoms with Crippen LogP contribution in [0.1, 0.15) is 35.3 Å². The molecule has 0 unspecified atom stereocenters. The van der Waals surface area contributed by atoms with Gasteiger partial charge in [0.25, 0.3) is 5.91 Å². The van der Waals surface area contributed by atoms with E-state index in [1.54, 1.807) is 12.1 Å². The SMILES string of the molecule is CC(C)N(Cc1ccc(C#N)cc1)C(=O)c1ccsc1. The summed E-state index contributed by atoms with van der Waals surface area (Å²) in [4.78, 5) is 14.3. The van der Waals surface area contributed by atoms with Gasteiger partial charge in [-0.1, -0.05) is 12.1 Å². The highest BCUT2D eigenvalue weighted by Gasteiger charge is 2.19. The number of amides is 1. The van der Waals surface area contributed by atoms with E-state index in [1.165, 1.54) is 11.3 Å². The van der Waals surface area contributed by atoms with E-state index in [2.05, 4.69) is 6.07 Å². The normalized spacial score (nSPS) is 10.3. The fraction of sp³-hybridized carbons (Fsp3) is 0.250. The van der Waals surface area contributed by atoms with Crippen molar-refractivity contribution in [2.45, 2.75) is 26.4 Å².